The van der Waals surface area contributed by atoms with Crippen molar-refractivity contribution in [2.75, 3.05) is 13.1 Å². The first-order valence-corrected chi connectivity index (χ1v) is 5.70. The molecule has 0 amide bonds. The highest BCUT2D eigenvalue weighted by molar-refractivity contribution is 5.79. The highest BCUT2D eigenvalue weighted by atomic mass is 19.1. The van der Waals surface area contributed by atoms with E-state index in [9.17, 15) is 8.78 Å². The monoisotopic (exact) mass is 257 g/mol. The Kier molecular flexibility index (Phi) is 5.51. The highest BCUT2D eigenvalue weighted by Gasteiger charge is 2.12. The van der Waals surface area contributed by atoms with Gasteiger partial charge in [-0.2, -0.15) is 0 Å². The maximum absolute atomic E-state index is 13.5. The summed E-state index contributed by atoms with van der Waals surface area (Å²) >= 11 is 0. The molecule has 0 fully saturated rings. The van der Waals surface area contributed by atoms with Gasteiger partial charge in [-0.15, -0.1) is 0 Å². The SMILES string of the molecule is CCN(CC/C(N)=N/O)Cc1c(F)cccc1F. The topological polar surface area (TPSA) is 61.8 Å². The van der Waals surface area contributed by atoms with E-state index in [1.54, 1.807) is 0 Å². The maximum Gasteiger partial charge on any atom is 0.140 e. The molecule has 0 heterocycles. The second-order valence-electron chi connectivity index (χ2n) is 3.91. The molecule has 100 valence electrons. The summed E-state index contributed by atoms with van der Waals surface area (Å²) in [4.78, 5) is 1.82. The van der Waals surface area contributed by atoms with Crippen LogP contribution in [0.25, 0.3) is 0 Å². The minimum absolute atomic E-state index is 0.0406. The molecular weight excluding hydrogens is 240 g/mol. The van der Waals surface area contributed by atoms with Crippen molar-refractivity contribution in [3.05, 3.63) is 35.4 Å². The summed E-state index contributed by atoms with van der Waals surface area (Å²) in [6, 6.07) is 3.80. The second kappa shape index (κ2) is 6.90. The van der Waals surface area contributed by atoms with Gasteiger partial charge in [0.25, 0.3) is 0 Å². The minimum atomic E-state index is -0.558. The molecule has 4 nitrogen and oxygen atoms in total. The first kappa shape index (κ1) is 14.4. The summed E-state index contributed by atoms with van der Waals surface area (Å²) < 4.78 is 26.9. The fraction of sp³-hybridized carbons (Fsp3) is 0.417. The van der Waals surface area contributed by atoms with E-state index in [1.807, 2.05) is 11.8 Å². The molecule has 0 spiro atoms. The number of oxime groups is 1. The van der Waals surface area contributed by atoms with E-state index in [0.717, 1.165) is 0 Å². The number of rotatable bonds is 6. The van der Waals surface area contributed by atoms with E-state index in [4.69, 9.17) is 10.9 Å². The Morgan fingerprint density at radius 2 is 2.00 bits per heavy atom. The molecule has 0 saturated heterocycles. The molecule has 18 heavy (non-hydrogen) atoms. The van der Waals surface area contributed by atoms with Gasteiger partial charge in [0.15, 0.2) is 0 Å². The van der Waals surface area contributed by atoms with Crippen LogP contribution in [-0.2, 0) is 6.54 Å². The van der Waals surface area contributed by atoms with Crippen LogP contribution in [0.5, 0.6) is 0 Å². The second-order valence-corrected chi connectivity index (χ2v) is 3.91. The molecule has 1 aromatic carbocycles. The Morgan fingerprint density at radius 3 is 2.50 bits per heavy atom. The van der Waals surface area contributed by atoms with Crippen molar-refractivity contribution in [3.8, 4) is 0 Å². The molecule has 1 aromatic rings. The van der Waals surface area contributed by atoms with Crippen molar-refractivity contribution >= 4 is 5.84 Å². The molecule has 1 rings (SSSR count). The zero-order chi connectivity index (χ0) is 13.5. The zero-order valence-corrected chi connectivity index (χ0v) is 10.2. The molecule has 0 saturated carbocycles. The first-order chi connectivity index (χ1) is 8.58. The lowest BCUT2D eigenvalue weighted by Crippen LogP contribution is -2.28. The quantitative estimate of drug-likeness (QED) is 0.354. The van der Waals surface area contributed by atoms with E-state index in [1.165, 1.54) is 18.2 Å². The van der Waals surface area contributed by atoms with Gasteiger partial charge in [0.05, 0.1) is 0 Å². The highest BCUT2D eigenvalue weighted by Crippen LogP contribution is 2.14. The average molecular weight is 257 g/mol. The van der Waals surface area contributed by atoms with Crippen molar-refractivity contribution < 1.29 is 14.0 Å². The van der Waals surface area contributed by atoms with Crippen molar-refractivity contribution in [1.29, 1.82) is 0 Å². The fourth-order valence-electron chi connectivity index (χ4n) is 1.58. The first-order valence-electron chi connectivity index (χ1n) is 5.70. The van der Waals surface area contributed by atoms with Gasteiger partial charge in [0.2, 0.25) is 0 Å². The standard InChI is InChI=1S/C12H17F2N3O/c1-2-17(7-6-12(15)16-18)8-9-10(13)4-3-5-11(9)14/h3-5,18H,2,6-8H2,1H3,(H2,15,16). The summed E-state index contributed by atoms with van der Waals surface area (Å²) in [6.45, 7) is 3.13. The number of benzene rings is 1. The number of amidine groups is 1. The summed E-state index contributed by atoms with van der Waals surface area (Å²) in [5, 5.41) is 11.3. The maximum atomic E-state index is 13.5. The molecule has 0 aliphatic heterocycles. The third kappa shape index (κ3) is 3.96. The molecule has 0 aliphatic rings. The number of hydrogen-bond acceptors (Lipinski definition) is 3. The Bertz CT molecular complexity index is 404. The van der Waals surface area contributed by atoms with Crippen LogP contribution in [0.2, 0.25) is 0 Å². The van der Waals surface area contributed by atoms with Crippen LogP contribution in [-0.4, -0.2) is 29.0 Å². The van der Waals surface area contributed by atoms with Crippen LogP contribution in [0, 0.1) is 11.6 Å². The van der Waals surface area contributed by atoms with Crippen molar-refractivity contribution in [2.45, 2.75) is 19.9 Å². The summed E-state index contributed by atoms with van der Waals surface area (Å²) in [5.74, 6) is -1.02. The van der Waals surface area contributed by atoms with Crippen LogP contribution in [0.1, 0.15) is 18.9 Å². The van der Waals surface area contributed by atoms with Gasteiger partial charge in [-0.25, -0.2) is 8.78 Å². The lowest BCUT2D eigenvalue weighted by Gasteiger charge is -2.20. The largest absolute Gasteiger partial charge is 0.409 e. The van der Waals surface area contributed by atoms with E-state index in [0.29, 0.717) is 19.5 Å². The third-order valence-electron chi connectivity index (χ3n) is 2.70. The predicted molar refractivity (Wildman–Crippen MR) is 65.3 cm³/mol. The number of nitrogens with two attached hydrogens (primary N) is 1. The van der Waals surface area contributed by atoms with Gasteiger partial charge in [0.1, 0.15) is 17.5 Å². The number of halogens is 2. The smallest absolute Gasteiger partial charge is 0.140 e. The Labute approximate surface area is 105 Å². The molecule has 0 atom stereocenters. The van der Waals surface area contributed by atoms with Crippen LogP contribution >= 0.6 is 0 Å². The fourth-order valence-corrected chi connectivity index (χ4v) is 1.58. The zero-order valence-electron chi connectivity index (χ0n) is 10.2. The number of hydrogen-bond donors (Lipinski definition) is 2. The molecular formula is C12H17F2N3O. The van der Waals surface area contributed by atoms with Crippen LogP contribution in [0.15, 0.2) is 23.4 Å². The third-order valence-corrected chi connectivity index (χ3v) is 2.70. The molecule has 0 radical (unpaired) electrons. The summed E-state index contributed by atoms with van der Waals surface area (Å²) in [5.41, 5.74) is 5.39. The predicted octanol–water partition coefficient (Wildman–Crippen LogP) is 1.92. The Morgan fingerprint density at radius 1 is 1.39 bits per heavy atom. The average Bonchev–Trinajstić information content (AvgIpc) is 2.37. The molecule has 0 unspecified atom stereocenters. The van der Waals surface area contributed by atoms with Crippen molar-refractivity contribution in [2.24, 2.45) is 10.9 Å². The normalized spacial score (nSPS) is 12.1. The van der Waals surface area contributed by atoms with Gasteiger partial charge in [0, 0.05) is 25.1 Å². The summed E-state index contributed by atoms with van der Waals surface area (Å²) in [6.07, 6.45) is 0.348. The van der Waals surface area contributed by atoms with Gasteiger partial charge in [-0.1, -0.05) is 18.1 Å². The lowest BCUT2D eigenvalue weighted by molar-refractivity contribution is 0.275. The minimum Gasteiger partial charge on any atom is -0.409 e. The lowest BCUT2D eigenvalue weighted by atomic mass is 10.2. The van der Waals surface area contributed by atoms with E-state index in [2.05, 4.69) is 5.16 Å². The Hall–Kier alpha value is -1.69. The van der Waals surface area contributed by atoms with Crippen LogP contribution in [0.3, 0.4) is 0 Å². The van der Waals surface area contributed by atoms with E-state index < -0.39 is 11.6 Å². The van der Waals surface area contributed by atoms with Gasteiger partial charge < -0.3 is 10.9 Å². The molecule has 0 aliphatic carbocycles. The van der Waals surface area contributed by atoms with E-state index in [-0.39, 0.29) is 17.9 Å². The van der Waals surface area contributed by atoms with Gasteiger partial charge >= 0.3 is 0 Å². The number of nitrogens with zero attached hydrogens (tertiary/aromatic N) is 2. The van der Waals surface area contributed by atoms with E-state index >= 15 is 0 Å². The van der Waals surface area contributed by atoms with Crippen LogP contribution in [0.4, 0.5) is 8.78 Å². The Balaban J connectivity index is 2.68. The molecule has 3 N–H and O–H groups in total. The van der Waals surface area contributed by atoms with Crippen molar-refractivity contribution in [3.63, 3.8) is 0 Å². The molecule has 0 aromatic heterocycles. The summed E-state index contributed by atoms with van der Waals surface area (Å²) in [7, 11) is 0. The molecule has 6 heteroatoms. The van der Waals surface area contributed by atoms with Crippen LogP contribution < -0.4 is 5.73 Å². The van der Waals surface area contributed by atoms with Gasteiger partial charge in [-0.3, -0.25) is 4.90 Å². The van der Waals surface area contributed by atoms with Crippen molar-refractivity contribution in [1.82, 2.24) is 4.90 Å². The van der Waals surface area contributed by atoms with Gasteiger partial charge in [-0.05, 0) is 18.7 Å². The molecule has 0 bridgehead atoms.